The smallest absolute Gasteiger partial charge is 0.105 e. The zero-order valence-corrected chi connectivity index (χ0v) is 7.90. The van der Waals surface area contributed by atoms with Crippen LogP contribution in [0.25, 0.3) is 0 Å². The van der Waals surface area contributed by atoms with E-state index in [1.807, 2.05) is 0 Å². The number of allylic oxidation sites excluding steroid dienone is 2. The molecule has 0 fully saturated rings. The molecule has 1 aliphatic rings. The van der Waals surface area contributed by atoms with Gasteiger partial charge in [0.1, 0.15) is 0 Å². The quantitative estimate of drug-likeness (QED) is 0.539. The van der Waals surface area contributed by atoms with Gasteiger partial charge in [0.2, 0.25) is 0 Å². The first-order valence-corrected chi connectivity index (χ1v) is 5.03. The minimum atomic E-state index is 0.861. The van der Waals surface area contributed by atoms with Crippen LogP contribution in [0.5, 0.6) is 0 Å². The lowest BCUT2D eigenvalue weighted by Crippen LogP contribution is -2.12. The monoisotopic (exact) mass is 150 g/mol. The predicted octanol–water partition coefficient (Wildman–Crippen LogP) is 3.56. The Labute approximate surface area is 71.2 Å². The van der Waals surface area contributed by atoms with Crippen molar-refractivity contribution in [2.45, 2.75) is 52.2 Å². The van der Waals surface area contributed by atoms with Crippen LogP contribution in [-0.2, 0) is 0 Å². The minimum Gasteiger partial charge on any atom is -0.105 e. The Bertz CT molecular complexity index is 138. The summed E-state index contributed by atoms with van der Waals surface area (Å²) in [6.07, 6.45) is 10.8. The standard InChI is InChI=1S/C10H19B/c1-3-9-11(2)10-7-5-4-6-8-10/h7H,3-6,8-9H2,1-2H3. The van der Waals surface area contributed by atoms with Crippen LogP contribution in [0, 0.1) is 0 Å². The Hall–Kier alpha value is -0.195. The molecule has 0 N–H and O–H groups in total. The summed E-state index contributed by atoms with van der Waals surface area (Å²) in [4.78, 5) is 0. The maximum Gasteiger partial charge on any atom is 0.166 e. The molecule has 0 aromatic carbocycles. The lowest BCUT2D eigenvalue weighted by atomic mass is 9.42. The molecule has 0 saturated carbocycles. The van der Waals surface area contributed by atoms with Crippen LogP contribution in [0.3, 0.4) is 0 Å². The van der Waals surface area contributed by atoms with Crippen LogP contribution < -0.4 is 0 Å². The minimum absolute atomic E-state index is 0.861. The number of hydrogen-bond acceptors (Lipinski definition) is 0. The van der Waals surface area contributed by atoms with Gasteiger partial charge in [-0.15, -0.1) is 5.47 Å². The highest BCUT2D eigenvalue weighted by Crippen LogP contribution is 2.21. The fourth-order valence-corrected chi connectivity index (χ4v) is 1.93. The Balaban J connectivity index is 2.37. The largest absolute Gasteiger partial charge is 0.166 e. The number of rotatable bonds is 3. The average Bonchev–Trinajstić information content (AvgIpc) is 2.07. The van der Waals surface area contributed by atoms with Gasteiger partial charge in [0.05, 0.1) is 0 Å². The van der Waals surface area contributed by atoms with Gasteiger partial charge in [0.15, 0.2) is 6.71 Å². The Morgan fingerprint density at radius 1 is 1.45 bits per heavy atom. The van der Waals surface area contributed by atoms with Crippen LogP contribution in [-0.4, -0.2) is 6.71 Å². The summed E-state index contributed by atoms with van der Waals surface area (Å²) in [5.74, 6) is 0. The summed E-state index contributed by atoms with van der Waals surface area (Å²) in [5.41, 5.74) is 1.73. The van der Waals surface area contributed by atoms with E-state index in [0.717, 1.165) is 6.71 Å². The molecule has 0 unspecified atom stereocenters. The fourth-order valence-electron chi connectivity index (χ4n) is 1.93. The van der Waals surface area contributed by atoms with Crippen LogP contribution in [0.2, 0.25) is 13.1 Å². The summed E-state index contributed by atoms with van der Waals surface area (Å²) < 4.78 is 0. The molecule has 1 aliphatic carbocycles. The third kappa shape index (κ3) is 2.73. The summed E-state index contributed by atoms with van der Waals surface area (Å²) in [6.45, 7) is 5.51. The molecule has 0 bridgehead atoms. The molecule has 1 rings (SSSR count). The molecule has 0 radical (unpaired) electrons. The van der Waals surface area contributed by atoms with Crippen molar-refractivity contribution in [3.63, 3.8) is 0 Å². The van der Waals surface area contributed by atoms with E-state index < -0.39 is 0 Å². The second kappa shape index (κ2) is 4.64. The molecule has 11 heavy (non-hydrogen) atoms. The molecule has 0 aromatic rings. The van der Waals surface area contributed by atoms with Gasteiger partial charge in [-0.25, -0.2) is 0 Å². The summed E-state index contributed by atoms with van der Waals surface area (Å²) in [5, 5.41) is 0. The molecule has 0 spiro atoms. The first-order valence-electron chi connectivity index (χ1n) is 5.03. The molecule has 0 atom stereocenters. The van der Waals surface area contributed by atoms with E-state index >= 15 is 0 Å². The second-order valence-corrected chi connectivity index (χ2v) is 3.71. The van der Waals surface area contributed by atoms with Gasteiger partial charge in [0.25, 0.3) is 0 Å². The van der Waals surface area contributed by atoms with Gasteiger partial charge < -0.3 is 0 Å². The molecule has 0 saturated heterocycles. The van der Waals surface area contributed by atoms with E-state index in [9.17, 15) is 0 Å². The molecule has 0 aromatic heterocycles. The van der Waals surface area contributed by atoms with Crippen molar-refractivity contribution in [2.24, 2.45) is 0 Å². The zero-order chi connectivity index (χ0) is 8.10. The van der Waals surface area contributed by atoms with E-state index in [4.69, 9.17) is 0 Å². The van der Waals surface area contributed by atoms with Gasteiger partial charge in [-0.2, -0.15) is 0 Å². The third-order valence-electron chi connectivity index (χ3n) is 2.68. The molecule has 0 amide bonds. The maximum absolute atomic E-state index is 2.48. The highest BCUT2D eigenvalue weighted by atomic mass is 14.0. The second-order valence-electron chi connectivity index (χ2n) is 3.71. The third-order valence-corrected chi connectivity index (χ3v) is 2.68. The Kier molecular flexibility index (Phi) is 3.75. The molecular weight excluding hydrogens is 131 g/mol. The summed E-state index contributed by atoms with van der Waals surface area (Å²) in [6, 6.07) is 0. The molecule has 0 aliphatic heterocycles. The molecule has 1 heteroatoms. The van der Waals surface area contributed by atoms with Crippen molar-refractivity contribution in [1.29, 1.82) is 0 Å². The van der Waals surface area contributed by atoms with Gasteiger partial charge in [-0.05, 0) is 19.3 Å². The van der Waals surface area contributed by atoms with Crippen LogP contribution >= 0.6 is 0 Å². The topological polar surface area (TPSA) is 0 Å². The maximum atomic E-state index is 2.48. The highest BCUT2D eigenvalue weighted by molar-refractivity contribution is 6.65. The van der Waals surface area contributed by atoms with Crippen molar-refractivity contribution in [3.05, 3.63) is 11.5 Å². The van der Waals surface area contributed by atoms with Crippen LogP contribution in [0.1, 0.15) is 39.0 Å². The number of hydrogen-bond donors (Lipinski definition) is 0. The van der Waals surface area contributed by atoms with E-state index in [0.29, 0.717) is 0 Å². The van der Waals surface area contributed by atoms with Crippen molar-refractivity contribution in [2.75, 3.05) is 0 Å². The van der Waals surface area contributed by atoms with Crippen LogP contribution in [0.4, 0.5) is 0 Å². The van der Waals surface area contributed by atoms with Crippen molar-refractivity contribution in [3.8, 4) is 0 Å². The van der Waals surface area contributed by atoms with Crippen molar-refractivity contribution >= 4 is 6.71 Å². The summed E-state index contributed by atoms with van der Waals surface area (Å²) in [7, 11) is 0. The first kappa shape index (κ1) is 8.90. The van der Waals surface area contributed by atoms with Gasteiger partial charge in [0, 0.05) is 0 Å². The predicted molar refractivity (Wildman–Crippen MR) is 53.3 cm³/mol. The van der Waals surface area contributed by atoms with Crippen LogP contribution in [0.15, 0.2) is 11.5 Å². The zero-order valence-electron chi connectivity index (χ0n) is 7.90. The molecule has 0 nitrogen and oxygen atoms in total. The van der Waals surface area contributed by atoms with Crippen molar-refractivity contribution in [1.82, 2.24) is 0 Å². The van der Waals surface area contributed by atoms with Crippen molar-refractivity contribution < 1.29 is 0 Å². The fraction of sp³-hybridized carbons (Fsp3) is 0.800. The van der Waals surface area contributed by atoms with E-state index in [1.165, 1.54) is 38.4 Å². The van der Waals surface area contributed by atoms with Gasteiger partial charge in [-0.3, -0.25) is 0 Å². The Morgan fingerprint density at radius 2 is 2.27 bits per heavy atom. The lowest BCUT2D eigenvalue weighted by Gasteiger charge is -2.16. The lowest BCUT2D eigenvalue weighted by molar-refractivity contribution is 0.718. The highest BCUT2D eigenvalue weighted by Gasteiger charge is 2.13. The van der Waals surface area contributed by atoms with Gasteiger partial charge in [-0.1, -0.05) is 39.0 Å². The normalized spacial score (nSPS) is 17.8. The molecule has 0 heterocycles. The van der Waals surface area contributed by atoms with Gasteiger partial charge >= 0.3 is 0 Å². The SMILES string of the molecule is CCCB(C)C1=CCCCC1. The average molecular weight is 150 g/mol. The summed E-state index contributed by atoms with van der Waals surface area (Å²) >= 11 is 0. The first-order chi connectivity index (χ1) is 5.34. The Morgan fingerprint density at radius 3 is 2.82 bits per heavy atom. The molecule has 62 valence electrons. The molecular formula is C10H19B. The van der Waals surface area contributed by atoms with E-state index in [1.54, 1.807) is 5.47 Å². The van der Waals surface area contributed by atoms with E-state index in [-0.39, 0.29) is 0 Å². The van der Waals surface area contributed by atoms with E-state index in [2.05, 4.69) is 19.8 Å².